The Morgan fingerprint density at radius 1 is 1.11 bits per heavy atom. The van der Waals surface area contributed by atoms with Crippen LogP contribution in [0.15, 0.2) is 66.9 Å². The molecule has 2 aromatic carbocycles. The minimum absolute atomic E-state index is 0.00202. The molecule has 0 saturated heterocycles. The van der Waals surface area contributed by atoms with Crippen molar-refractivity contribution in [3.05, 3.63) is 82.5 Å². The molecule has 1 amide bonds. The highest BCUT2D eigenvalue weighted by Crippen LogP contribution is 2.30. The third-order valence-electron chi connectivity index (χ3n) is 4.07. The van der Waals surface area contributed by atoms with Gasteiger partial charge in [0, 0.05) is 29.6 Å². The van der Waals surface area contributed by atoms with E-state index in [1.165, 1.54) is 23.5 Å². The normalized spacial score (nSPS) is 10.7. The van der Waals surface area contributed by atoms with Gasteiger partial charge in [-0.25, -0.2) is 9.97 Å². The number of carbonyl (C=O) groups excluding carboxylic acids is 1. The molecule has 7 nitrogen and oxygen atoms in total. The van der Waals surface area contributed by atoms with Crippen LogP contribution in [0.25, 0.3) is 20.9 Å². The quantitative estimate of drug-likeness (QED) is 0.401. The Hall–Kier alpha value is -3.65. The van der Waals surface area contributed by atoms with Gasteiger partial charge in [-0.05, 0) is 29.8 Å². The molecule has 0 spiro atoms. The zero-order valence-corrected chi connectivity index (χ0v) is 15.3. The van der Waals surface area contributed by atoms with E-state index in [-0.39, 0.29) is 18.0 Å². The largest absolute Gasteiger partial charge is 0.326 e. The summed E-state index contributed by atoms with van der Waals surface area (Å²) in [5, 5.41) is 14.4. The molecule has 2 heterocycles. The molecule has 0 radical (unpaired) electrons. The van der Waals surface area contributed by atoms with Crippen LogP contribution in [-0.2, 0) is 11.2 Å². The summed E-state index contributed by atoms with van der Waals surface area (Å²) in [4.78, 5) is 32.3. The van der Waals surface area contributed by atoms with Crippen molar-refractivity contribution in [1.29, 1.82) is 0 Å². The standard InChI is InChI=1S/C20H14N4O3S/c25-18(11-13-6-8-16(9-7-13)24(26)27)22-15-4-1-3-14(12-15)19-23-17-5-2-10-21-20(17)28-19/h1-10,12H,11H2,(H,22,25). The summed E-state index contributed by atoms with van der Waals surface area (Å²) >= 11 is 1.49. The minimum Gasteiger partial charge on any atom is -0.326 e. The average Bonchev–Trinajstić information content (AvgIpc) is 3.13. The predicted molar refractivity (Wildman–Crippen MR) is 108 cm³/mol. The molecule has 8 heteroatoms. The SMILES string of the molecule is O=C(Cc1ccc([N+](=O)[O-])cc1)Nc1cccc(-c2nc3cccnc3s2)c1. The molecule has 138 valence electrons. The number of nitro benzene ring substituents is 1. The minimum atomic E-state index is -0.465. The topological polar surface area (TPSA) is 98.0 Å². The fourth-order valence-electron chi connectivity index (χ4n) is 2.75. The molecule has 0 aliphatic rings. The van der Waals surface area contributed by atoms with Crippen molar-refractivity contribution in [1.82, 2.24) is 9.97 Å². The number of aromatic nitrogens is 2. The van der Waals surface area contributed by atoms with Gasteiger partial charge in [0.05, 0.1) is 11.3 Å². The zero-order chi connectivity index (χ0) is 19.5. The molecule has 0 fully saturated rings. The first-order chi connectivity index (χ1) is 13.6. The summed E-state index contributed by atoms with van der Waals surface area (Å²) < 4.78 is 0. The molecular weight excluding hydrogens is 376 g/mol. The van der Waals surface area contributed by atoms with Crippen LogP contribution in [0.4, 0.5) is 11.4 Å². The molecule has 0 atom stereocenters. The van der Waals surface area contributed by atoms with Gasteiger partial charge in [0.2, 0.25) is 5.91 Å². The van der Waals surface area contributed by atoms with E-state index in [2.05, 4.69) is 15.3 Å². The number of hydrogen-bond donors (Lipinski definition) is 1. The lowest BCUT2D eigenvalue weighted by molar-refractivity contribution is -0.384. The van der Waals surface area contributed by atoms with Crippen molar-refractivity contribution in [2.45, 2.75) is 6.42 Å². The number of hydrogen-bond acceptors (Lipinski definition) is 6. The van der Waals surface area contributed by atoms with E-state index in [0.29, 0.717) is 11.3 Å². The fraction of sp³-hybridized carbons (Fsp3) is 0.0500. The van der Waals surface area contributed by atoms with E-state index in [1.807, 2.05) is 36.4 Å². The van der Waals surface area contributed by atoms with Gasteiger partial charge in [-0.3, -0.25) is 14.9 Å². The number of nitrogens with one attached hydrogen (secondary N) is 1. The summed E-state index contributed by atoms with van der Waals surface area (Å²) in [5.41, 5.74) is 3.11. The second kappa shape index (κ2) is 7.53. The summed E-state index contributed by atoms with van der Waals surface area (Å²) in [7, 11) is 0. The number of benzene rings is 2. The van der Waals surface area contributed by atoms with Gasteiger partial charge < -0.3 is 5.32 Å². The Kier molecular flexibility index (Phi) is 4.77. The second-order valence-electron chi connectivity index (χ2n) is 6.08. The third kappa shape index (κ3) is 3.86. The number of nitro groups is 1. The highest BCUT2D eigenvalue weighted by molar-refractivity contribution is 7.21. The Bertz CT molecular complexity index is 1140. The summed E-state index contributed by atoms with van der Waals surface area (Å²) in [6.07, 6.45) is 1.87. The smallest absolute Gasteiger partial charge is 0.269 e. The van der Waals surface area contributed by atoms with Gasteiger partial charge in [0.1, 0.15) is 15.4 Å². The van der Waals surface area contributed by atoms with Gasteiger partial charge in [0.25, 0.3) is 5.69 Å². The molecule has 4 rings (SSSR count). The Labute approximate surface area is 163 Å². The van der Waals surface area contributed by atoms with Crippen molar-refractivity contribution in [2.24, 2.45) is 0 Å². The monoisotopic (exact) mass is 390 g/mol. The van der Waals surface area contributed by atoms with Crippen LogP contribution in [0.2, 0.25) is 0 Å². The first-order valence-corrected chi connectivity index (χ1v) is 9.25. The van der Waals surface area contributed by atoms with Gasteiger partial charge in [0.15, 0.2) is 0 Å². The molecule has 4 aromatic rings. The number of non-ortho nitro benzene ring substituents is 1. The number of fused-ring (bicyclic) bond motifs is 1. The van der Waals surface area contributed by atoms with Crippen molar-refractivity contribution in [2.75, 3.05) is 5.32 Å². The van der Waals surface area contributed by atoms with E-state index >= 15 is 0 Å². The molecule has 1 N–H and O–H groups in total. The van der Waals surface area contributed by atoms with E-state index in [9.17, 15) is 14.9 Å². The molecule has 0 unspecified atom stereocenters. The van der Waals surface area contributed by atoms with Gasteiger partial charge in [-0.1, -0.05) is 35.6 Å². The number of carbonyl (C=O) groups is 1. The number of rotatable bonds is 5. The maximum absolute atomic E-state index is 12.3. The zero-order valence-electron chi connectivity index (χ0n) is 14.5. The number of nitrogens with zero attached hydrogens (tertiary/aromatic N) is 3. The van der Waals surface area contributed by atoms with Crippen LogP contribution in [0, 0.1) is 10.1 Å². The second-order valence-corrected chi connectivity index (χ2v) is 7.05. The predicted octanol–water partition coefficient (Wildman–Crippen LogP) is 4.45. The lowest BCUT2D eigenvalue weighted by atomic mass is 10.1. The molecule has 0 saturated carbocycles. The van der Waals surface area contributed by atoms with Gasteiger partial charge in [-0.2, -0.15) is 0 Å². The number of amides is 1. The van der Waals surface area contributed by atoms with E-state index in [4.69, 9.17) is 0 Å². The molecule has 28 heavy (non-hydrogen) atoms. The number of thiazole rings is 1. The van der Waals surface area contributed by atoms with E-state index in [1.54, 1.807) is 18.3 Å². The maximum Gasteiger partial charge on any atom is 0.269 e. The van der Waals surface area contributed by atoms with Crippen LogP contribution in [-0.4, -0.2) is 20.8 Å². The number of anilines is 1. The number of pyridine rings is 1. The van der Waals surface area contributed by atoms with Crippen molar-refractivity contribution in [3.63, 3.8) is 0 Å². The van der Waals surface area contributed by atoms with Crippen LogP contribution in [0.3, 0.4) is 0 Å². The van der Waals surface area contributed by atoms with Gasteiger partial charge in [-0.15, -0.1) is 0 Å². The van der Waals surface area contributed by atoms with Crippen LogP contribution < -0.4 is 5.32 Å². The van der Waals surface area contributed by atoms with Crippen molar-refractivity contribution >= 4 is 39.0 Å². The van der Waals surface area contributed by atoms with E-state index < -0.39 is 4.92 Å². The lowest BCUT2D eigenvalue weighted by Crippen LogP contribution is -2.14. The van der Waals surface area contributed by atoms with Crippen molar-refractivity contribution in [3.8, 4) is 10.6 Å². The maximum atomic E-state index is 12.3. The summed E-state index contributed by atoms with van der Waals surface area (Å²) in [6, 6.07) is 17.2. The summed E-state index contributed by atoms with van der Waals surface area (Å²) in [5.74, 6) is -0.197. The molecule has 0 aliphatic carbocycles. The van der Waals surface area contributed by atoms with Gasteiger partial charge >= 0.3 is 0 Å². The first-order valence-electron chi connectivity index (χ1n) is 8.44. The highest BCUT2D eigenvalue weighted by Gasteiger charge is 2.10. The molecular formula is C20H14N4O3S. The van der Waals surface area contributed by atoms with E-state index in [0.717, 1.165) is 20.9 Å². The first kappa shape index (κ1) is 17.7. The van der Waals surface area contributed by atoms with Crippen LogP contribution in [0.1, 0.15) is 5.56 Å². The Morgan fingerprint density at radius 3 is 2.68 bits per heavy atom. The Balaban J connectivity index is 1.48. The summed E-state index contributed by atoms with van der Waals surface area (Å²) in [6.45, 7) is 0. The van der Waals surface area contributed by atoms with Crippen molar-refractivity contribution < 1.29 is 9.72 Å². The molecule has 2 aromatic heterocycles. The lowest BCUT2D eigenvalue weighted by Gasteiger charge is -2.06. The fourth-order valence-corrected chi connectivity index (χ4v) is 3.65. The Morgan fingerprint density at radius 2 is 1.93 bits per heavy atom. The molecule has 0 bridgehead atoms. The third-order valence-corrected chi connectivity index (χ3v) is 5.10. The van der Waals surface area contributed by atoms with Crippen LogP contribution >= 0.6 is 11.3 Å². The average molecular weight is 390 g/mol. The molecule has 0 aliphatic heterocycles. The van der Waals surface area contributed by atoms with Crippen LogP contribution in [0.5, 0.6) is 0 Å². The highest BCUT2D eigenvalue weighted by atomic mass is 32.1.